The van der Waals surface area contributed by atoms with Gasteiger partial charge in [-0.15, -0.1) is 0 Å². The molecule has 2 heteroatoms. The molecule has 2 nitrogen and oxygen atoms in total. The molecule has 0 aliphatic heterocycles. The molecule has 0 N–H and O–H groups in total. The molecule has 0 amide bonds. The maximum absolute atomic E-state index is 11.9. The summed E-state index contributed by atoms with van der Waals surface area (Å²) in [5.74, 6) is 2.32. The quantitative estimate of drug-likeness (QED) is 0.655. The summed E-state index contributed by atoms with van der Waals surface area (Å²) in [5.41, 5.74) is 0. The Labute approximate surface area is 93.4 Å². The van der Waals surface area contributed by atoms with E-state index in [1.165, 1.54) is 6.42 Å². The van der Waals surface area contributed by atoms with Gasteiger partial charge >= 0.3 is 0 Å². The minimum Gasteiger partial charge on any atom is -0.385 e. The van der Waals surface area contributed by atoms with Crippen LogP contribution in [0.4, 0.5) is 0 Å². The van der Waals surface area contributed by atoms with Crippen molar-refractivity contribution < 1.29 is 9.53 Å². The van der Waals surface area contributed by atoms with Gasteiger partial charge in [0.15, 0.2) is 0 Å². The number of hydrogen-bond donors (Lipinski definition) is 0. The third-order valence-corrected chi connectivity index (χ3v) is 3.83. The van der Waals surface area contributed by atoms with Gasteiger partial charge in [0, 0.05) is 26.1 Å². The molecule has 0 aromatic rings. The molecule has 1 aliphatic rings. The normalized spacial score (nSPS) is 31.5. The monoisotopic (exact) mass is 212 g/mol. The van der Waals surface area contributed by atoms with Gasteiger partial charge in [-0.25, -0.2) is 0 Å². The van der Waals surface area contributed by atoms with Gasteiger partial charge in [-0.05, 0) is 37.5 Å². The number of Topliss-reactive ketones (excluding diaryl/α,β-unsaturated/α-hetero) is 1. The minimum absolute atomic E-state index is 0.341. The second-order valence-electron chi connectivity index (χ2n) is 5.03. The van der Waals surface area contributed by atoms with Crippen LogP contribution >= 0.6 is 0 Å². The highest BCUT2D eigenvalue weighted by Crippen LogP contribution is 2.34. The van der Waals surface area contributed by atoms with Crippen LogP contribution in [0.25, 0.3) is 0 Å². The standard InChI is InChI=1S/C13H24O2/c1-10-6-7-12(9-11(10)2)13(14)5-4-8-15-3/h10-12H,4-9H2,1-3H3. The van der Waals surface area contributed by atoms with E-state index in [-0.39, 0.29) is 0 Å². The van der Waals surface area contributed by atoms with E-state index in [0.717, 1.165) is 31.1 Å². The van der Waals surface area contributed by atoms with Crippen LogP contribution in [0, 0.1) is 17.8 Å². The van der Waals surface area contributed by atoms with E-state index >= 15 is 0 Å². The smallest absolute Gasteiger partial charge is 0.136 e. The van der Waals surface area contributed by atoms with Crippen molar-refractivity contribution in [3.8, 4) is 0 Å². The third-order valence-electron chi connectivity index (χ3n) is 3.83. The SMILES string of the molecule is COCCCC(=O)C1CCC(C)C(C)C1. The largest absolute Gasteiger partial charge is 0.385 e. The Balaban J connectivity index is 2.28. The van der Waals surface area contributed by atoms with Crippen molar-refractivity contribution >= 4 is 5.78 Å². The lowest BCUT2D eigenvalue weighted by molar-refractivity contribution is -0.124. The van der Waals surface area contributed by atoms with E-state index in [1.807, 2.05) is 0 Å². The predicted octanol–water partition coefficient (Wildman–Crippen LogP) is 3.05. The highest BCUT2D eigenvalue weighted by molar-refractivity contribution is 5.81. The minimum atomic E-state index is 0.341. The van der Waals surface area contributed by atoms with Crippen molar-refractivity contribution in [1.82, 2.24) is 0 Å². The fourth-order valence-electron chi connectivity index (χ4n) is 2.43. The second-order valence-corrected chi connectivity index (χ2v) is 5.03. The van der Waals surface area contributed by atoms with Gasteiger partial charge in [-0.1, -0.05) is 13.8 Å². The number of ketones is 1. The van der Waals surface area contributed by atoms with Crippen molar-refractivity contribution in [2.75, 3.05) is 13.7 Å². The topological polar surface area (TPSA) is 26.3 Å². The van der Waals surface area contributed by atoms with Gasteiger partial charge in [-0.2, -0.15) is 0 Å². The van der Waals surface area contributed by atoms with Crippen molar-refractivity contribution in [3.05, 3.63) is 0 Å². The first kappa shape index (κ1) is 12.7. The van der Waals surface area contributed by atoms with Crippen LogP contribution in [-0.2, 0) is 9.53 Å². The van der Waals surface area contributed by atoms with Crippen LogP contribution in [0.5, 0.6) is 0 Å². The lowest BCUT2D eigenvalue weighted by Gasteiger charge is -2.31. The molecule has 0 spiro atoms. The van der Waals surface area contributed by atoms with Crippen LogP contribution in [0.3, 0.4) is 0 Å². The fraction of sp³-hybridized carbons (Fsp3) is 0.923. The first-order valence-electron chi connectivity index (χ1n) is 6.16. The lowest BCUT2D eigenvalue weighted by atomic mass is 9.74. The Kier molecular flexibility index (Phi) is 5.30. The average molecular weight is 212 g/mol. The molecule has 3 atom stereocenters. The number of ether oxygens (including phenoxy) is 1. The maximum atomic E-state index is 11.9. The summed E-state index contributed by atoms with van der Waals surface area (Å²) in [7, 11) is 1.69. The van der Waals surface area contributed by atoms with E-state index in [4.69, 9.17) is 4.74 Å². The van der Waals surface area contributed by atoms with Crippen LogP contribution in [0.2, 0.25) is 0 Å². The molecule has 1 fully saturated rings. The molecule has 3 unspecified atom stereocenters. The molecule has 0 aromatic heterocycles. The molecule has 0 heterocycles. The zero-order chi connectivity index (χ0) is 11.3. The van der Waals surface area contributed by atoms with Crippen molar-refractivity contribution in [3.63, 3.8) is 0 Å². The fourth-order valence-corrected chi connectivity index (χ4v) is 2.43. The third kappa shape index (κ3) is 3.94. The summed E-state index contributed by atoms with van der Waals surface area (Å²) in [6.45, 7) is 5.29. The Hall–Kier alpha value is -0.370. The van der Waals surface area contributed by atoms with Crippen LogP contribution in [0.15, 0.2) is 0 Å². The summed E-state index contributed by atoms with van der Waals surface area (Å²) in [5, 5.41) is 0. The number of carbonyl (C=O) groups excluding carboxylic acids is 1. The molecule has 15 heavy (non-hydrogen) atoms. The Morgan fingerprint density at radius 3 is 2.60 bits per heavy atom. The summed E-state index contributed by atoms with van der Waals surface area (Å²) < 4.78 is 4.97. The van der Waals surface area contributed by atoms with Crippen molar-refractivity contribution in [2.24, 2.45) is 17.8 Å². The Morgan fingerprint density at radius 2 is 2.00 bits per heavy atom. The van der Waals surface area contributed by atoms with E-state index < -0.39 is 0 Å². The van der Waals surface area contributed by atoms with Crippen LogP contribution in [0.1, 0.15) is 46.0 Å². The number of rotatable bonds is 5. The molecule has 1 rings (SSSR count). The molecule has 0 saturated heterocycles. The first-order chi connectivity index (χ1) is 7.15. The van der Waals surface area contributed by atoms with Gasteiger partial charge in [0.25, 0.3) is 0 Å². The predicted molar refractivity (Wildman–Crippen MR) is 61.8 cm³/mol. The highest BCUT2D eigenvalue weighted by atomic mass is 16.5. The van der Waals surface area contributed by atoms with Gasteiger partial charge in [-0.3, -0.25) is 4.79 Å². The van der Waals surface area contributed by atoms with Crippen molar-refractivity contribution in [1.29, 1.82) is 0 Å². The lowest BCUT2D eigenvalue weighted by Crippen LogP contribution is -2.26. The van der Waals surface area contributed by atoms with E-state index in [9.17, 15) is 4.79 Å². The first-order valence-corrected chi connectivity index (χ1v) is 6.16. The summed E-state index contributed by atoms with van der Waals surface area (Å²) >= 11 is 0. The number of carbonyl (C=O) groups is 1. The van der Waals surface area contributed by atoms with Crippen LogP contribution in [-0.4, -0.2) is 19.5 Å². The molecule has 0 bridgehead atoms. The summed E-state index contributed by atoms with van der Waals surface area (Å²) in [6, 6.07) is 0. The zero-order valence-electron chi connectivity index (χ0n) is 10.3. The van der Waals surface area contributed by atoms with Gasteiger partial charge < -0.3 is 4.74 Å². The molecule has 1 aliphatic carbocycles. The number of methoxy groups -OCH3 is 1. The molecule has 88 valence electrons. The Morgan fingerprint density at radius 1 is 1.27 bits per heavy atom. The Bertz CT molecular complexity index is 201. The van der Waals surface area contributed by atoms with Crippen molar-refractivity contribution in [2.45, 2.75) is 46.0 Å². The second kappa shape index (κ2) is 6.26. The molecular formula is C13H24O2. The van der Waals surface area contributed by atoms with Gasteiger partial charge in [0.2, 0.25) is 0 Å². The highest BCUT2D eigenvalue weighted by Gasteiger charge is 2.28. The van der Waals surface area contributed by atoms with Gasteiger partial charge in [0.05, 0.1) is 0 Å². The molecular weight excluding hydrogens is 188 g/mol. The summed E-state index contributed by atoms with van der Waals surface area (Å²) in [6.07, 6.45) is 5.03. The molecule has 0 aromatic carbocycles. The number of hydrogen-bond acceptors (Lipinski definition) is 2. The zero-order valence-corrected chi connectivity index (χ0v) is 10.3. The van der Waals surface area contributed by atoms with Crippen LogP contribution < -0.4 is 0 Å². The van der Waals surface area contributed by atoms with Gasteiger partial charge in [0.1, 0.15) is 5.78 Å². The van der Waals surface area contributed by atoms with E-state index in [1.54, 1.807) is 7.11 Å². The molecule has 1 saturated carbocycles. The van der Waals surface area contributed by atoms with E-state index in [2.05, 4.69) is 13.8 Å². The van der Waals surface area contributed by atoms with E-state index in [0.29, 0.717) is 24.7 Å². The average Bonchev–Trinajstić information content (AvgIpc) is 2.22. The summed E-state index contributed by atoms with van der Waals surface area (Å²) in [4.78, 5) is 11.9. The molecule has 0 radical (unpaired) electrons. The maximum Gasteiger partial charge on any atom is 0.136 e.